The molecule has 184 valence electrons. The summed E-state index contributed by atoms with van der Waals surface area (Å²) in [5, 5.41) is 2.90. The highest BCUT2D eigenvalue weighted by molar-refractivity contribution is 6.03. The summed E-state index contributed by atoms with van der Waals surface area (Å²) >= 11 is 0. The van der Waals surface area contributed by atoms with Crippen LogP contribution in [0.1, 0.15) is 41.3 Å². The molecule has 8 nitrogen and oxygen atoms in total. The van der Waals surface area contributed by atoms with E-state index in [2.05, 4.69) is 5.32 Å². The largest absolute Gasteiger partial charge is 0.497 e. The maximum Gasteiger partial charge on any atom is 0.362 e. The predicted octanol–water partition coefficient (Wildman–Crippen LogP) is 3.72. The van der Waals surface area contributed by atoms with Gasteiger partial charge in [0.2, 0.25) is 0 Å². The molecule has 1 N–H and O–H groups in total. The summed E-state index contributed by atoms with van der Waals surface area (Å²) in [4.78, 5) is 38.4. The van der Waals surface area contributed by atoms with Gasteiger partial charge in [-0.3, -0.25) is 4.79 Å². The fraction of sp³-hybridized carbons (Fsp3) is 0.423. The van der Waals surface area contributed by atoms with Gasteiger partial charge in [0.15, 0.2) is 12.6 Å². The number of carbonyl (C=O) groups excluding carboxylic acids is 3. The Kier molecular flexibility index (Phi) is 9.62. The quantitative estimate of drug-likeness (QED) is 0.397. The molecule has 0 radical (unpaired) electrons. The van der Waals surface area contributed by atoms with E-state index >= 15 is 0 Å². The third kappa shape index (κ3) is 7.05. The van der Waals surface area contributed by atoms with Crippen LogP contribution in [0, 0.1) is 6.92 Å². The normalized spacial score (nSPS) is 11.9. The molecule has 1 unspecified atom stereocenters. The minimum Gasteiger partial charge on any atom is -0.497 e. The summed E-state index contributed by atoms with van der Waals surface area (Å²) in [5.41, 5.74) is 2.13. The zero-order chi connectivity index (χ0) is 25.3. The Morgan fingerprint density at radius 3 is 2.32 bits per heavy atom. The van der Waals surface area contributed by atoms with Crippen LogP contribution in [0.4, 0.5) is 5.69 Å². The minimum atomic E-state index is -0.581. The molecule has 8 heteroatoms. The number of nitrogens with one attached hydrogen (secondary N) is 1. The smallest absolute Gasteiger partial charge is 0.362 e. The first-order valence-electron chi connectivity index (χ1n) is 11.2. The molecule has 0 aromatic heterocycles. The van der Waals surface area contributed by atoms with Gasteiger partial charge in [0.1, 0.15) is 12.4 Å². The summed E-state index contributed by atoms with van der Waals surface area (Å²) in [6, 6.07) is 12.2. The van der Waals surface area contributed by atoms with Gasteiger partial charge >= 0.3 is 11.9 Å². The van der Waals surface area contributed by atoms with Crippen molar-refractivity contribution in [3.8, 4) is 5.75 Å². The van der Waals surface area contributed by atoms with Crippen molar-refractivity contribution in [3.05, 3.63) is 59.2 Å². The van der Waals surface area contributed by atoms with E-state index in [1.54, 1.807) is 13.0 Å². The lowest BCUT2D eigenvalue weighted by atomic mass is 10.0. The van der Waals surface area contributed by atoms with Crippen molar-refractivity contribution in [3.63, 3.8) is 0 Å². The van der Waals surface area contributed by atoms with E-state index in [4.69, 9.17) is 14.2 Å². The fourth-order valence-corrected chi connectivity index (χ4v) is 3.81. The number of hydrogen-bond acceptors (Lipinski definition) is 6. The van der Waals surface area contributed by atoms with E-state index in [0.717, 1.165) is 12.0 Å². The van der Waals surface area contributed by atoms with Crippen molar-refractivity contribution in [2.75, 3.05) is 40.2 Å². The lowest BCUT2D eigenvalue weighted by Crippen LogP contribution is -2.57. The van der Waals surface area contributed by atoms with Gasteiger partial charge in [0.25, 0.3) is 5.91 Å². The van der Waals surface area contributed by atoms with Crippen molar-refractivity contribution >= 4 is 23.5 Å². The van der Waals surface area contributed by atoms with Crippen molar-refractivity contribution < 1.29 is 33.1 Å². The summed E-state index contributed by atoms with van der Waals surface area (Å²) in [5.74, 6) is -0.777. The first-order chi connectivity index (χ1) is 16.1. The highest BCUT2D eigenvalue weighted by Gasteiger charge is 2.37. The van der Waals surface area contributed by atoms with E-state index in [-0.39, 0.29) is 29.1 Å². The molecule has 0 fully saturated rings. The second kappa shape index (κ2) is 12.2. The second-order valence-corrected chi connectivity index (χ2v) is 8.74. The lowest BCUT2D eigenvalue weighted by Gasteiger charge is -2.36. The van der Waals surface area contributed by atoms with Crippen LogP contribution in [-0.2, 0) is 25.7 Å². The fourth-order valence-electron chi connectivity index (χ4n) is 3.81. The standard InChI is InChI=1S/C26H34N2O6/c1-7-11-22(28(3,4)16-23(29)34-17-19-12-9-8-10-13-19)25(30)27-24-18(2)14-20(32-5)15-21(24)26(31)33-6/h8-10,12-15,22H,7,11,16-17H2,1-6H3/p+1. The number of benzene rings is 2. The number of rotatable bonds is 11. The molecule has 1 amide bonds. The van der Waals surface area contributed by atoms with Crippen LogP contribution in [0.3, 0.4) is 0 Å². The number of nitrogens with zero attached hydrogens (tertiary/aromatic N) is 1. The number of likely N-dealkylation sites (N-methyl/N-ethyl adjacent to an activating group) is 1. The van der Waals surface area contributed by atoms with Crippen LogP contribution in [-0.4, -0.2) is 63.2 Å². The lowest BCUT2D eigenvalue weighted by molar-refractivity contribution is -0.899. The Hall–Kier alpha value is -3.39. The van der Waals surface area contributed by atoms with Gasteiger partial charge in [-0.2, -0.15) is 0 Å². The summed E-state index contributed by atoms with van der Waals surface area (Å²) in [6.07, 6.45) is 1.29. The van der Waals surface area contributed by atoms with Crippen LogP contribution in [0.25, 0.3) is 0 Å². The first-order valence-corrected chi connectivity index (χ1v) is 11.2. The highest BCUT2D eigenvalue weighted by atomic mass is 16.5. The monoisotopic (exact) mass is 471 g/mol. The van der Waals surface area contributed by atoms with Gasteiger partial charge in [-0.25, -0.2) is 9.59 Å². The van der Waals surface area contributed by atoms with E-state index in [0.29, 0.717) is 23.4 Å². The van der Waals surface area contributed by atoms with Crippen molar-refractivity contribution in [2.24, 2.45) is 0 Å². The number of esters is 2. The predicted molar refractivity (Wildman–Crippen MR) is 130 cm³/mol. The minimum absolute atomic E-state index is 0.0242. The summed E-state index contributed by atoms with van der Waals surface area (Å²) in [7, 11) is 6.43. The number of carbonyl (C=O) groups is 3. The van der Waals surface area contributed by atoms with Gasteiger partial charge in [0, 0.05) is 6.42 Å². The molecule has 0 saturated carbocycles. The Morgan fingerprint density at radius 1 is 1.06 bits per heavy atom. The van der Waals surface area contributed by atoms with Gasteiger partial charge in [-0.05, 0) is 36.6 Å². The molecule has 0 heterocycles. The van der Waals surface area contributed by atoms with Crippen LogP contribution in [0.5, 0.6) is 5.75 Å². The SMILES string of the molecule is CCCC(C(=O)Nc1c(C)cc(OC)cc1C(=O)OC)[N+](C)(C)CC(=O)OCc1ccccc1. The molecule has 0 aliphatic carbocycles. The van der Waals surface area contributed by atoms with E-state index < -0.39 is 18.0 Å². The number of methoxy groups -OCH3 is 2. The van der Waals surface area contributed by atoms with Gasteiger partial charge in [0.05, 0.1) is 39.6 Å². The van der Waals surface area contributed by atoms with E-state index in [1.807, 2.05) is 51.4 Å². The molecule has 0 spiro atoms. The molecule has 0 bridgehead atoms. The first kappa shape index (κ1) is 26.9. The molecule has 0 aliphatic heterocycles. The molecule has 34 heavy (non-hydrogen) atoms. The van der Waals surface area contributed by atoms with Crippen molar-refractivity contribution in [1.82, 2.24) is 0 Å². The zero-order valence-electron chi connectivity index (χ0n) is 20.8. The Balaban J connectivity index is 2.20. The molecule has 1 atom stereocenters. The van der Waals surface area contributed by atoms with Crippen LogP contribution in [0.2, 0.25) is 0 Å². The van der Waals surface area contributed by atoms with Crippen LogP contribution >= 0.6 is 0 Å². The van der Waals surface area contributed by atoms with E-state index in [9.17, 15) is 14.4 Å². The molecule has 0 aliphatic rings. The third-order valence-corrected chi connectivity index (χ3v) is 5.69. The summed E-state index contributed by atoms with van der Waals surface area (Å²) < 4.78 is 15.7. The Labute approximate surface area is 201 Å². The number of anilines is 1. The third-order valence-electron chi connectivity index (χ3n) is 5.69. The van der Waals surface area contributed by atoms with Crippen LogP contribution < -0.4 is 10.1 Å². The number of aryl methyl sites for hydroxylation is 1. The van der Waals surface area contributed by atoms with Gasteiger partial charge in [-0.15, -0.1) is 0 Å². The van der Waals surface area contributed by atoms with Crippen molar-refractivity contribution in [1.29, 1.82) is 0 Å². The highest BCUT2D eigenvalue weighted by Crippen LogP contribution is 2.28. The number of quaternary nitrogens is 1. The van der Waals surface area contributed by atoms with Crippen LogP contribution in [0.15, 0.2) is 42.5 Å². The second-order valence-electron chi connectivity index (χ2n) is 8.74. The Bertz CT molecular complexity index is 1000. The molecule has 2 rings (SSSR count). The number of ether oxygens (including phenoxy) is 3. The van der Waals surface area contributed by atoms with Gasteiger partial charge < -0.3 is 24.0 Å². The molecule has 2 aromatic carbocycles. The topological polar surface area (TPSA) is 90.9 Å². The molecular weight excluding hydrogens is 436 g/mol. The average molecular weight is 472 g/mol. The maximum absolute atomic E-state index is 13.4. The van der Waals surface area contributed by atoms with E-state index in [1.165, 1.54) is 20.3 Å². The zero-order valence-corrected chi connectivity index (χ0v) is 20.8. The molecule has 0 saturated heterocycles. The Morgan fingerprint density at radius 2 is 1.74 bits per heavy atom. The number of amides is 1. The van der Waals surface area contributed by atoms with Crippen molar-refractivity contribution in [2.45, 2.75) is 39.3 Å². The molecule has 2 aromatic rings. The maximum atomic E-state index is 13.4. The summed E-state index contributed by atoms with van der Waals surface area (Å²) in [6.45, 7) is 3.96. The molecular formula is C26H35N2O6+. The average Bonchev–Trinajstić information content (AvgIpc) is 2.81. The van der Waals surface area contributed by atoms with Gasteiger partial charge in [-0.1, -0.05) is 37.3 Å². The number of hydrogen-bond donors (Lipinski definition) is 1.